The number of rotatable bonds is 4. The minimum Gasteiger partial charge on any atom is -0.294 e. The van der Waals surface area contributed by atoms with Crippen LogP contribution in [-0.2, 0) is 4.79 Å². The molecular weight excluding hydrogens is 220 g/mol. The Labute approximate surface area is 101 Å². The minimum absolute atomic E-state index is 0.102. The SMILES string of the molecule is Cc1ccccc1SC(C)C(C)C(=O)NN. The zero-order valence-electron chi connectivity index (χ0n) is 9.86. The van der Waals surface area contributed by atoms with Gasteiger partial charge in [-0.1, -0.05) is 32.0 Å². The number of nitrogens with two attached hydrogens (primary N) is 1. The zero-order chi connectivity index (χ0) is 12.1. The van der Waals surface area contributed by atoms with Gasteiger partial charge in [-0.25, -0.2) is 5.84 Å². The molecule has 0 saturated heterocycles. The van der Waals surface area contributed by atoms with Gasteiger partial charge in [0.1, 0.15) is 0 Å². The molecule has 1 amide bonds. The maximum absolute atomic E-state index is 11.4. The van der Waals surface area contributed by atoms with Crippen LogP contribution in [0.2, 0.25) is 0 Å². The molecule has 0 radical (unpaired) electrons. The van der Waals surface area contributed by atoms with Crippen LogP contribution < -0.4 is 11.3 Å². The number of benzene rings is 1. The number of aryl methyl sites for hydroxylation is 1. The van der Waals surface area contributed by atoms with E-state index in [0.29, 0.717) is 0 Å². The van der Waals surface area contributed by atoms with E-state index in [1.54, 1.807) is 11.8 Å². The van der Waals surface area contributed by atoms with Gasteiger partial charge >= 0.3 is 0 Å². The van der Waals surface area contributed by atoms with Crippen molar-refractivity contribution in [2.45, 2.75) is 30.9 Å². The molecule has 4 heteroatoms. The van der Waals surface area contributed by atoms with E-state index in [9.17, 15) is 4.79 Å². The highest BCUT2D eigenvalue weighted by molar-refractivity contribution is 8.00. The number of hydrazine groups is 1. The van der Waals surface area contributed by atoms with E-state index in [1.807, 2.05) is 26.0 Å². The summed E-state index contributed by atoms with van der Waals surface area (Å²) in [5.74, 6) is 4.91. The first-order chi connectivity index (χ1) is 7.56. The van der Waals surface area contributed by atoms with Crippen molar-refractivity contribution in [3.63, 3.8) is 0 Å². The van der Waals surface area contributed by atoms with Gasteiger partial charge in [-0.2, -0.15) is 0 Å². The first-order valence-electron chi connectivity index (χ1n) is 5.29. The van der Waals surface area contributed by atoms with Crippen LogP contribution >= 0.6 is 11.8 Å². The lowest BCUT2D eigenvalue weighted by molar-refractivity contribution is -0.124. The summed E-state index contributed by atoms with van der Waals surface area (Å²) < 4.78 is 0. The van der Waals surface area contributed by atoms with Crippen molar-refractivity contribution in [3.05, 3.63) is 29.8 Å². The summed E-state index contributed by atoms with van der Waals surface area (Å²) in [6.45, 7) is 6.00. The summed E-state index contributed by atoms with van der Waals surface area (Å²) in [7, 11) is 0. The summed E-state index contributed by atoms with van der Waals surface area (Å²) in [6, 6.07) is 8.17. The maximum Gasteiger partial charge on any atom is 0.237 e. The Bertz CT molecular complexity index is 368. The highest BCUT2D eigenvalue weighted by atomic mass is 32.2. The van der Waals surface area contributed by atoms with Crippen molar-refractivity contribution >= 4 is 17.7 Å². The molecule has 2 atom stereocenters. The van der Waals surface area contributed by atoms with Crippen LogP contribution in [-0.4, -0.2) is 11.2 Å². The Morgan fingerprint density at radius 2 is 2.00 bits per heavy atom. The second-order valence-electron chi connectivity index (χ2n) is 3.89. The highest BCUT2D eigenvalue weighted by Gasteiger charge is 2.20. The topological polar surface area (TPSA) is 55.1 Å². The zero-order valence-corrected chi connectivity index (χ0v) is 10.7. The van der Waals surface area contributed by atoms with E-state index in [1.165, 1.54) is 10.5 Å². The summed E-state index contributed by atoms with van der Waals surface area (Å²) in [5, 5.41) is 0.199. The van der Waals surface area contributed by atoms with Crippen LogP contribution in [0.15, 0.2) is 29.2 Å². The van der Waals surface area contributed by atoms with E-state index in [0.717, 1.165) is 0 Å². The molecule has 1 aromatic carbocycles. The summed E-state index contributed by atoms with van der Waals surface area (Å²) >= 11 is 1.71. The fraction of sp³-hybridized carbons (Fsp3) is 0.417. The van der Waals surface area contributed by atoms with E-state index >= 15 is 0 Å². The molecule has 1 rings (SSSR count). The van der Waals surface area contributed by atoms with Gasteiger partial charge in [0.15, 0.2) is 0 Å². The number of amides is 1. The normalized spacial score (nSPS) is 14.2. The van der Waals surface area contributed by atoms with Crippen molar-refractivity contribution in [1.82, 2.24) is 5.43 Å². The molecule has 88 valence electrons. The molecule has 0 spiro atoms. The number of carbonyl (C=O) groups is 1. The van der Waals surface area contributed by atoms with Crippen molar-refractivity contribution in [1.29, 1.82) is 0 Å². The van der Waals surface area contributed by atoms with E-state index in [-0.39, 0.29) is 17.1 Å². The molecule has 0 saturated carbocycles. The van der Waals surface area contributed by atoms with Gasteiger partial charge in [0.05, 0.1) is 0 Å². The molecule has 0 aliphatic rings. The predicted octanol–water partition coefficient (Wildman–Crippen LogP) is 2.10. The van der Waals surface area contributed by atoms with Crippen molar-refractivity contribution in [2.75, 3.05) is 0 Å². The molecule has 0 bridgehead atoms. The number of carbonyl (C=O) groups excluding carboxylic acids is 1. The van der Waals surface area contributed by atoms with Crippen LogP contribution in [0.25, 0.3) is 0 Å². The van der Waals surface area contributed by atoms with Crippen LogP contribution in [0.3, 0.4) is 0 Å². The van der Waals surface area contributed by atoms with Gasteiger partial charge in [0, 0.05) is 16.1 Å². The molecule has 16 heavy (non-hydrogen) atoms. The molecule has 0 aliphatic carbocycles. The van der Waals surface area contributed by atoms with Gasteiger partial charge in [0.25, 0.3) is 0 Å². The fourth-order valence-electron chi connectivity index (χ4n) is 1.34. The Morgan fingerprint density at radius 1 is 1.38 bits per heavy atom. The second-order valence-corrected chi connectivity index (χ2v) is 5.30. The standard InChI is InChI=1S/C12H18N2OS/c1-8-6-4-5-7-11(8)16-10(3)9(2)12(15)14-13/h4-7,9-10H,13H2,1-3H3,(H,14,15). The first-order valence-corrected chi connectivity index (χ1v) is 6.17. The lowest BCUT2D eigenvalue weighted by Gasteiger charge is -2.18. The Hall–Kier alpha value is -1.00. The number of hydrogen-bond acceptors (Lipinski definition) is 3. The molecular formula is C12H18N2OS. The van der Waals surface area contributed by atoms with Crippen LogP contribution in [0.1, 0.15) is 19.4 Å². The largest absolute Gasteiger partial charge is 0.294 e. The molecule has 0 aromatic heterocycles. The molecule has 0 heterocycles. The molecule has 1 aromatic rings. The van der Waals surface area contributed by atoms with Crippen molar-refractivity contribution in [2.24, 2.45) is 11.8 Å². The summed E-state index contributed by atoms with van der Waals surface area (Å²) in [5.41, 5.74) is 3.43. The van der Waals surface area contributed by atoms with Gasteiger partial charge < -0.3 is 0 Å². The third kappa shape index (κ3) is 3.25. The monoisotopic (exact) mass is 238 g/mol. The molecule has 0 fully saturated rings. The molecule has 3 nitrogen and oxygen atoms in total. The van der Waals surface area contributed by atoms with Gasteiger partial charge in [-0.3, -0.25) is 10.2 Å². The third-order valence-corrected chi connectivity index (χ3v) is 4.16. The Morgan fingerprint density at radius 3 is 2.56 bits per heavy atom. The predicted molar refractivity (Wildman–Crippen MR) is 68.0 cm³/mol. The van der Waals surface area contributed by atoms with Crippen LogP contribution in [0, 0.1) is 12.8 Å². The van der Waals surface area contributed by atoms with Gasteiger partial charge in [0.2, 0.25) is 5.91 Å². The number of hydrogen-bond donors (Lipinski definition) is 2. The lowest BCUT2D eigenvalue weighted by Crippen LogP contribution is -2.38. The smallest absolute Gasteiger partial charge is 0.237 e. The van der Waals surface area contributed by atoms with E-state index < -0.39 is 0 Å². The first kappa shape index (κ1) is 13.1. The number of nitrogens with one attached hydrogen (secondary N) is 1. The molecule has 0 aliphatic heterocycles. The number of thioether (sulfide) groups is 1. The van der Waals surface area contributed by atoms with Crippen LogP contribution in [0.5, 0.6) is 0 Å². The maximum atomic E-state index is 11.4. The Kier molecular flexibility index (Phi) is 4.83. The highest BCUT2D eigenvalue weighted by Crippen LogP contribution is 2.30. The van der Waals surface area contributed by atoms with Crippen LogP contribution in [0.4, 0.5) is 0 Å². The second kappa shape index (κ2) is 5.92. The summed E-state index contributed by atoms with van der Waals surface area (Å²) in [6.07, 6.45) is 0. The average Bonchev–Trinajstić information content (AvgIpc) is 2.30. The fourth-order valence-corrected chi connectivity index (χ4v) is 2.47. The van der Waals surface area contributed by atoms with Crippen molar-refractivity contribution < 1.29 is 4.79 Å². The quantitative estimate of drug-likeness (QED) is 0.365. The minimum atomic E-state index is -0.117. The Balaban J connectivity index is 2.68. The van der Waals surface area contributed by atoms with Crippen molar-refractivity contribution in [3.8, 4) is 0 Å². The molecule has 2 unspecified atom stereocenters. The molecule has 3 N–H and O–H groups in total. The third-order valence-electron chi connectivity index (χ3n) is 2.67. The average molecular weight is 238 g/mol. The van der Waals surface area contributed by atoms with E-state index in [2.05, 4.69) is 24.5 Å². The van der Waals surface area contributed by atoms with Gasteiger partial charge in [-0.05, 0) is 18.6 Å². The van der Waals surface area contributed by atoms with E-state index in [4.69, 9.17) is 5.84 Å². The van der Waals surface area contributed by atoms with Gasteiger partial charge in [-0.15, -0.1) is 11.8 Å². The summed E-state index contributed by atoms with van der Waals surface area (Å²) in [4.78, 5) is 12.6. The lowest BCUT2D eigenvalue weighted by atomic mass is 10.1.